The molecule has 34 heavy (non-hydrogen) atoms. The molecule has 182 valence electrons. The minimum absolute atomic E-state index is 0.0569. The van der Waals surface area contributed by atoms with Gasteiger partial charge in [-0.25, -0.2) is 0 Å². The van der Waals surface area contributed by atoms with Gasteiger partial charge in [-0.15, -0.1) is 0 Å². The van der Waals surface area contributed by atoms with E-state index in [1.54, 1.807) is 0 Å². The van der Waals surface area contributed by atoms with E-state index in [0.29, 0.717) is 0 Å². The number of benzene rings is 3. The number of para-hydroxylation sites is 3. The molecule has 0 aliphatic carbocycles. The molecule has 3 aromatic carbocycles. The van der Waals surface area contributed by atoms with E-state index in [1.807, 2.05) is 36.4 Å². The van der Waals surface area contributed by atoms with Gasteiger partial charge in [0.25, 0.3) is 0 Å². The topological polar surface area (TPSA) is 27.7 Å². The van der Waals surface area contributed by atoms with Crippen LogP contribution < -0.4 is 8.44 Å². The van der Waals surface area contributed by atoms with E-state index in [0.717, 1.165) is 33.9 Å². The predicted molar refractivity (Wildman–Crippen MR) is 143 cm³/mol. The molecule has 4 heteroatoms. The van der Waals surface area contributed by atoms with Gasteiger partial charge in [-0.05, 0) is 0 Å². The van der Waals surface area contributed by atoms with E-state index in [9.17, 15) is 0 Å². The Morgan fingerprint density at radius 3 is 0.882 bits per heavy atom. The summed E-state index contributed by atoms with van der Waals surface area (Å²) in [5.41, 5.74) is 3.27. The second-order valence-corrected chi connectivity index (χ2v) is 15.6. The first-order valence-corrected chi connectivity index (χ1v) is 16.2. The molecular formula is C30H39BiO3. The molecule has 0 radical (unpaired) electrons. The first-order chi connectivity index (χ1) is 15.8. The minimum atomic E-state index is -3.53. The van der Waals surface area contributed by atoms with Crippen molar-refractivity contribution in [2.24, 2.45) is 0 Å². The average Bonchev–Trinajstić information content (AvgIpc) is 2.72. The predicted octanol–water partition coefficient (Wildman–Crippen LogP) is 8.10. The first-order valence-electron chi connectivity index (χ1n) is 11.9. The summed E-state index contributed by atoms with van der Waals surface area (Å²) in [5.74, 6) is 2.53. The first kappa shape index (κ1) is 26.5. The summed E-state index contributed by atoms with van der Waals surface area (Å²) in [6, 6.07) is 24.7. The maximum absolute atomic E-state index is 6.67. The molecule has 3 aromatic rings. The van der Waals surface area contributed by atoms with Crippen LogP contribution in [-0.4, -0.2) is 23.1 Å². The Kier molecular flexibility index (Phi) is 8.03. The molecule has 0 spiro atoms. The van der Waals surface area contributed by atoms with Gasteiger partial charge in [0.15, 0.2) is 0 Å². The maximum atomic E-state index is 6.67. The van der Waals surface area contributed by atoms with Crippen molar-refractivity contribution >= 4 is 23.1 Å². The molecule has 0 saturated carbocycles. The van der Waals surface area contributed by atoms with Crippen LogP contribution in [0.5, 0.6) is 17.2 Å². The van der Waals surface area contributed by atoms with Gasteiger partial charge in [0, 0.05) is 0 Å². The third-order valence-corrected chi connectivity index (χ3v) is 9.64. The number of hydrogen-bond acceptors (Lipinski definition) is 3. The van der Waals surface area contributed by atoms with Crippen molar-refractivity contribution < 1.29 is 8.44 Å². The molecule has 0 amide bonds. The van der Waals surface area contributed by atoms with Gasteiger partial charge in [0.05, 0.1) is 0 Å². The van der Waals surface area contributed by atoms with E-state index < -0.39 is 23.1 Å². The van der Waals surface area contributed by atoms with Gasteiger partial charge in [0.1, 0.15) is 0 Å². The fourth-order valence-electron chi connectivity index (χ4n) is 3.79. The summed E-state index contributed by atoms with van der Waals surface area (Å²) < 4.78 is 20.0. The van der Waals surface area contributed by atoms with Crippen molar-refractivity contribution in [2.45, 2.75) is 78.6 Å². The van der Waals surface area contributed by atoms with Crippen LogP contribution >= 0.6 is 0 Å². The van der Waals surface area contributed by atoms with Crippen LogP contribution in [0.1, 0.15) is 79.0 Å². The van der Waals surface area contributed by atoms with Crippen LogP contribution in [0, 0.1) is 0 Å². The van der Waals surface area contributed by atoms with E-state index in [2.05, 4.69) is 98.7 Å². The summed E-state index contributed by atoms with van der Waals surface area (Å²) in [5, 5.41) is 0. The quantitative estimate of drug-likeness (QED) is 0.251. The zero-order chi connectivity index (χ0) is 25.1. The third kappa shape index (κ3) is 6.75. The van der Waals surface area contributed by atoms with Gasteiger partial charge in [-0.3, -0.25) is 0 Å². The summed E-state index contributed by atoms with van der Waals surface area (Å²) in [6.07, 6.45) is 0. The molecule has 0 unspecified atom stereocenters. The molecule has 0 fully saturated rings. The average molecular weight is 657 g/mol. The zero-order valence-electron chi connectivity index (χ0n) is 22.1. The Balaban J connectivity index is 2.05. The van der Waals surface area contributed by atoms with Crippen molar-refractivity contribution in [1.29, 1.82) is 0 Å². The van der Waals surface area contributed by atoms with Gasteiger partial charge < -0.3 is 0 Å². The van der Waals surface area contributed by atoms with Crippen molar-refractivity contribution in [3.63, 3.8) is 0 Å². The number of rotatable bonds is 6. The van der Waals surface area contributed by atoms with E-state index in [-0.39, 0.29) is 16.2 Å². The second kappa shape index (κ2) is 10.3. The van der Waals surface area contributed by atoms with Crippen LogP contribution in [-0.2, 0) is 16.2 Å². The van der Waals surface area contributed by atoms with Crippen molar-refractivity contribution in [3.8, 4) is 17.2 Å². The van der Waals surface area contributed by atoms with E-state index >= 15 is 0 Å². The van der Waals surface area contributed by atoms with Crippen LogP contribution in [0.25, 0.3) is 0 Å². The summed E-state index contributed by atoms with van der Waals surface area (Å²) in [6.45, 7) is 19.8. The standard InChI is InChI=1S/3C10H14O.Bi/c3*1-10(2,3)8-6-4-5-7-9(8)11;/h3*4-7,11H,1-3H3;/q;;;+3/p-3. The molecule has 0 N–H and O–H groups in total. The molecule has 0 aliphatic heterocycles. The van der Waals surface area contributed by atoms with Crippen LogP contribution in [0.15, 0.2) is 72.8 Å². The Morgan fingerprint density at radius 2 is 0.647 bits per heavy atom. The summed E-state index contributed by atoms with van der Waals surface area (Å²) >= 11 is -3.53. The molecule has 0 aliphatic rings. The van der Waals surface area contributed by atoms with Crippen molar-refractivity contribution in [1.82, 2.24) is 0 Å². The summed E-state index contributed by atoms with van der Waals surface area (Å²) in [4.78, 5) is 0. The molecule has 3 rings (SSSR count). The third-order valence-electron chi connectivity index (χ3n) is 5.60. The van der Waals surface area contributed by atoms with Crippen LogP contribution in [0.3, 0.4) is 0 Å². The molecule has 3 nitrogen and oxygen atoms in total. The monoisotopic (exact) mass is 656 g/mol. The fraction of sp³-hybridized carbons (Fsp3) is 0.400. The van der Waals surface area contributed by atoms with Crippen LogP contribution in [0.4, 0.5) is 0 Å². The Labute approximate surface area is 216 Å². The van der Waals surface area contributed by atoms with E-state index in [1.165, 1.54) is 0 Å². The Morgan fingerprint density at radius 1 is 0.412 bits per heavy atom. The van der Waals surface area contributed by atoms with Gasteiger partial charge >= 0.3 is 217 Å². The van der Waals surface area contributed by atoms with Crippen LogP contribution in [0.2, 0.25) is 0 Å². The zero-order valence-corrected chi connectivity index (χ0v) is 25.6. The Bertz CT molecular complexity index is 959. The van der Waals surface area contributed by atoms with Gasteiger partial charge in [-0.2, -0.15) is 0 Å². The van der Waals surface area contributed by atoms with Crippen molar-refractivity contribution in [3.05, 3.63) is 89.5 Å². The second-order valence-electron chi connectivity index (χ2n) is 11.7. The van der Waals surface area contributed by atoms with E-state index in [4.69, 9.17) is 8.44 Å². The normalized spacial score (nSPS) is 12.5. The molecule has 0 bridgehead atoms. The van der Waals surface area contributed by atoms with Crippen molar-refractivity contribution in [2.75, 3.05) is 0 Å². The fourth-order valence-corrected chi connectivity index (χ4v) is 7.96. The molecule has 0 heterocycles. The molecule has 0 aromatic heterocycles. The Hall–Kier alpha value is -2.06. The SMILES string of the molecule is CC(C)(C)c1ccccc1[O][Bi]([O]c1ccccc1C(C)(C)C)[O]c1ccccc1C(C)(C)C. The molecule has 0 atom stereocenters. The molecular weight excluding hydrogens is 617 g/mol. The number of hydrogen-bond donors (Lipinski definition) is 0. The van der Waals surface area contributed by atoms with Gasteiger partial charge in [0.2, 0.25) is 0 Å². The molecule has 0 saturated heterocycles. The van der Waals surface area contributed by atoms with Gasteiger partial charge in [-0.1, -0.05) is 0 Å². The summed E-state index contributed by atoms with van der Waals surface area (Å²) in [7, 11) is 0.